The summed E-state index contributed by atoms with van der Waals surface area (Å²) in [4.78, 5) is 29.0. The van der Waals surface area contributed by atoms with Gasteiger partial charge in [-0.3, -0.25) is 9.59 Å². The van der Waals surface area contributed by atoms with Gasteiger partial charge in [-0.05, 0) is 38.4 Å². The van der Waals surface area contributed by atoms with Crippen molar-refractivity contribution < 1.29 is 9.53 Å². The Labute approximate surface area is 136 Å². The van der Waals surface area contributed by atoms with Gasteiger partial charge >= 0.3 is 0 Å². The Morgan fingerprint density at radius 1 is 1.35 bits per heavy atom. The summed E-state index contributed by atoms with van der Waals surface area (Å²) in [5, 5.41) is 0. The van der Waals surface area contributed by atoms with E-state index in [1.165, 1.54) is 23.5 Å². The van der Waals surface area contributed by atoms with Crippen molar-refractivity contribution in [3.05, 3.63) is 34.2 Å². The molecule has 0 unspecified atom stereocenters. The zero-order chi connectivity index (χ0) is 16.4. The van der Waals surface area contributed by atoms with Crippen LogP contribution in [-0.4, -0.2) is 65.7 Å². The number of nitrogens with zero attached hydrogens (tertiary/aromatic N) is 3. The molecule has 23 heavy (non-hydrogen) atoms. The summed E-state index contributed by atoms with van der Waals surface area (Å²) in [5.41, 5.74) is 0.311. The number of carbonyl (C=O) groups is 1. The minimum atomic E-state index is -0.158. The maximum Gasteiger partial charge on any atom is 0.254 e. The maximum atomic E-state index is 12.9. The summed E-state index contributed by atoms with van der Waals surface area (Å²) in [6, 6.07) is 3.31. The molecule has 1 aromatic rings. The van der Waals surface area contributed by atoms with Gasteiger partial charge in [-0.15, -0.1) is 0 Å². The topological polar surface area (TPSA) is 54.8 Å². The van der Waals surface area contributed by atoms with Gasteiger partial charge < -0.3 is 19.1 Å². The summed E-state index contributed by atoms with van der Waals surface area (Å²) in [7, 11) is 3.38. The third-order valence-electron chi connectivity index (χ3n) is 4.99. The molecule has 0 N–H and O–H groups in total. The molecule has 2 fully saturated rings. The normalized spacial score (nSPS) is 25.2. The number of aromatic nitrogens is 1. The van der Waals surface area contributed by atoms with E-state index in [9.17, 15) is 9.59 Å². The molecule has 0 aromatic carbocycles. The van der Waals surface area contributed by atoms with Crippen LogP contribution in [0.25, 0.3) is 0 Å². The molecular formula is C17H25N3O3. The van der Waals surface area contributed by atoms with E-state index in [0.29, 0.717) is 12.1 Å². The molecule has 3 heterocycles. The van der Waals surface area contributed by atoms with Gasteiger partial charge in [-0.1, -0.05) is 0 Å². The zero-order valence-corrected chi connectivity index (χ0v) is 13.9. The second-order valence-corrected chi connectivity index (χ2v) is 6.58. The lowest BCUT2D eigenvalue weighted by Gasteiger charge is -2.28. The third kappa shape index (κ3) is 3.48. The van der Waals surface area contributed by atoms with Gasteiger partial charge in [0.15, 0.2) is 0 Å². The second-order valence-electron chi connectivity index (χ2n) is 6.58. The molecular weight excluding hydrogens is 294 g/mol. The monoisotopic (exact) mass is 319 g/mol. The second kappa shape index (κ2) is 6.84. The van der Waals surface area contributed by atoms with Crippen LogP contribution in [0.4, 0.5) is 0 Å². The smallest absolute Gasteiger partial charge is 0.254 e. The number of aryl methyl sites for hydroxylation is 1. The third-order valence-corrected chi connectivity index (χ3v) is 4.99. The first-order valence-electron chi connectivity index (χ1n) is 8.31. The Morgan fingerprint density at radius 3 is 2.74 bits per heavy atom. The van der Waals surface area contributed by atoms with Crippen LogP contribution in [0, 0.1) is 0 Å². The molecule has 0 spiro atoms. The highest BCUT2D eigenvalue weighted by molar-refractivity contribution is 5.94. The van der Waals surface area contributed by atoms with Gasteiger partial charge in [0.2, 0.25) is 0 Å². The lowest BCUT2D eigenvalue weighted by Crippen LogP contribution is -2.43. The van der Waals surface area contributed by atoms with E-state index in [1.807, 2.05) is 4.90 Å². The number of methoxy groups -OCH3 is 1. The van der Waals surface area contributed by atoms with Gasteiger partial charge in [0.05, 0.1) is 6.10 Å². The molecule has 2 atom stereocenters. The summed E-state index contributed by atoms with van der Waals surface area (Å²) >= 11 is 0. The number of likely N-dealkylation sites (tertiary alicyclic amines) is 2. The fourth-order valence-electron chi connectivity index (χ4n) is 3.58. The van der Waals surface area contributed by atoms with Crippen molar-refractivity contribution in [1.29, 1.82) is 0 Å². The molecule has 126 valence electrons. The van der Waals surface area contributed by atoms with E-state index < -0.39 is 0 Å². The number of amides is 1. The number of hydrogen-bond donors (Lipinski definition) is 0. The summed E-state index contributed by atoms with van der Waals surface area (Å²) in [5.74, 6) is -0.0635. The van der Waals surface area contributed by atoms with E-state index in [4.69, 9.17) is 4.74 Å². The van der Waals surface area contributed by atoms with Crippen LogP contribution in [0.2, 0.25) is 0 Å². The van der Waals surface area contributed by atoms with E-state index in [0.717, 1.165) is 26.1 Å². The minimum Gasteiger partial charge on any atom is -0.380 e. The Balaban J connectivity index is 1.77. The highest BCUT2D eigenvalue weighted by Crippen LogP contribution is 2.24. The predicted molar refractivity (Wildman–Crippen MR) is 87.6 cm³/mol. The molecule has 1 aromatic heterocycles. The van der Waals surface area contributed by atoms with Crippen LogP contribution < -0.4 is 5.56 Å². The van der Waals surface area contributed by atoms with Crippen LogP contribution in [-0.2, 0) is 11.8 Å². The average molecular weight is 319 g/mol. The first kappa shape index (κ1) is 16.2. The van der Waals surface area contributed by atoms with E-state index in [-0.39, 0.29) is 23.6 Å². The van der Waals surface area contributed by atoms with Crippen molar-refractivity contribution in [2.45, 2.75) is 31.4 Å². The number of pyridine rings is 1. The SMILES string of the molecule is CO[C@H]1C[C@@H](CN2CCCC2)N(C(=O)c2ccn(C)c(=O)c2)C1. The molecule has 2 aliphatic heterocycles. The van der Waals surface area contributed by atoms with Gasteiger partial charge in [-0.2, -0.15) is 0 Å². The van der Waals surface area contributed by atoms with E-state index >= 15 is 0 Å². The van der Waals surface area contributed by atoms with Crippen LogP contribution >= 0.6 is 0 Å². The number of ether oxygens (including phenoxy) is 1. The molecule has 6 heteroatoms. The largest absolute Gasteiger partial charge is 0.380 e. The quantitative estimate of drug-likeness (QED) is 0.820. The Kier molecular flexibility index (Phi) is 4.82. The van der Waals surface area contributed by atoms with Crippen molar-refractivity contribution in [3.63, 3.8) is 0 Å². The van der Waals surface area contributed by atoms with Crippen molar-refractivity contribution >= 4 is 5.91 Å². The van der Waals surface area contributed by atoms with Crippen molar-refractivity contribution in [3.8, 4) is 0 Å². The summed E-state index contributed by atoms with van der Waals surface area (Å²) < 4.78 is 6.96. The lowest BCUT2D eigenvalue weighted by atomic mass is 10.1. The fourth-order valence-corrected chi connectivity index (χ4v) is 3.58. The summed E-state index contributed by atoms with van der Waals surface area (Å²) in [6.07, 6.45) is 5.07. The first-order valence-corrected chi connectivity index (χ1v) is 8.31. The van der Waals surface area contributed by atoms with Gasteiger partial charge in [0, 0.05) is 51.1 Å². The Bertz CT molecular complexity index is 622. The molecule has 0 radical (unpaired) electrons. The maximum absolute atomic E-state index is 12.9. The number of rotatable bonds is 4. The van der Waals surface area contributed by atoms with E-state index in [1.54, 1.807) is 26.4 Å². The van der Waals surface area contributed by atoms with Gasteiger partial charge in [-0.25, -0.2) is 0 Å². The van der Waals surface area contributed by atoms with Crippen molar-refractivity contribution in [2.75, 3.05) is 33.3 Å². The predicted octanol–water partition coefficient (Wildman–Crippen LogP) is 0.711. The molecule has 2 aliphatic rings. The fraction of sp³-hybridized carbons (Fsp3) is 0.647. The number of carbonyl (C=O) groups excluding carboxylic acids is 1. The zero-order valence-electron chi connectivity index (χ0n) is 13.9. The Morgan fingerprint density at radius 2 is 2.09 bits per heavy atom. The van der Waals surface area contributed by atoms with Gasteiger partial charge in [0.1, 0.15) is 0 Å². The molecule has 0 bridgehead atoms. The Hall–Kier alpha value is -1.66. The summed E-state index contributed by atoms with van der Waals surface area (Å²) in [6.45, 7) is 3.73. The number of hydrogen-bond acceptors (Lipinski definition) is 4. The van der Waals surface area contributed by atoms with Crippen molar-refractivity contribution in [2.24, 2.45) is 7.05 Å². The molecule has 3 rings (SSSR count). The van der Waals surface area contributed by atoms with Crippen LogP contribution in [0.5, 0.6) is 0 Å². The molecule has 6 nitrogen and oxygen atoms in total. The molecule has 2 saturated heterocycles. The van der Waals surface area contributed by atoms with E-state index in [2.05, 4.69) is 4.90 Å². The minimum absolute atomic E-state index is 0.0635. The average Bonchev–Trinajstić information content (AvgIpc) is 3.19. The molecule has 0 aliphatic carbocycles. The van der Waals surface area contributed by atoms with Crippen LogP contribution in [0.1, 0.15) is 29.6 Å². The molecule has 1 amide bonds. The molecule has 0 saturated carbocycles. The van der Waals surface area contributed by atoms with Gasteiger partial charge in [0.25, 0.3) is 11.5 Å². The van der Waals surface area contributed by atoms with Crippen LogP contribution in [0.15, 0.2) is 23.1 Å². The highest BCUT2D eigenvalue weighted by Gasteiger charge is 2.37. The lowest BCUT2D eigenvalue weighted by molar-refractivity contribution is 0.0670. The van der Waals surface area contributed by atoms with Crippen molar-refractivity contribution in [1.82, 2.24) is 14.4 Å². The highest BCUT2D eigenvalue weighted by atomic mass is 16.5. The van der Waals surface area contributed by atoms with Crippen LogP contribution in [0.3, 0.4) is 0 Å². The standard InChI is InChI=1S/C17H25N3O3/c1-18-8-5-13(9-16(18)21)17(22)20-12-15(23-2)10-14(20)11-19-6-3-4-7-19/h5,8-9,14-15H,3-4,6-7,10-12H2,1-2H3/t14-,15-/m0/s1. The first-order chi connectivity index (χ1) is 11.1.